The largest absolute Gasteiger partial charge is 0.465 e. The van der Waals surface area contributed by atoms with E-state index in [0.29, 0.717) is 11.3 Å². The molecule has 0 unspecified atom stereocenters. The molecule has 0 atom stereocenters. The molecule has 5 nitrogen and oxygen atoms in total. The van der Waals surface area contributed by atoms with Gasteiger partial charge in [-0.25, -0.2) is 4.79 Å². The summed E-state index contributed by atoms with van der Waals surface area (Å²) in [6, 6.07) is 6.43. The first-order valence-corrected chi connectivity index (χ1v) is 5.50. The van der Waals surface area contributed by atoms with E-state index in [2.05, 4.69) is 10.1 Å². The predicted octanol–water partition coefficient (Wildman–Crippen LogP) is 1.78. The zero-order chi connectivity index (χ0) is 13.5. The number of carbonyl (C=O) groups is 3. The van der Waals surface area contributed by atoms with Gasteiger partial charge < -0.3 is 14.8 Å². The molecule has 0 aliphatic carbocycles. The Morgan fingerprint density at radius 2 is 1.94 bits per heavy atom. The second-order valence-electron chi connectivity index (χ2n) is 3.82. The molecule has 1 amide bonds. The number of carbonyl (C=O) groups excluding carboxylic acids is 3. The fraction of sp³-hybridized carbons (Fsp3) is 0.308. The van der Waals surface area contributed by atoms with Gasteiger partial charge in [0, 0.05) is 18.5 Å². The number of benzene rings is 1. The second kappa shape index (κ2) is 6.54. The molecule has 0 heterocycles. The zero-order valence-electron chi connectivity index (χ0n) is 10.4. The Bertz CT molecular complexity index is 468. The van der Waals surface area contributed by atoms with Gasteiger partial charge in [-0.15, -0.1) is 0 Å². The maximum Gasteiger partial charge on any atom is 0.337 e. The van der Waals surface area contributed by atoms with Crippen LogP contribution in [0.1, 0.15) is 30.1 Å². The molecule has 0 fully saturated rings. The number of anilines is 1. The Kier molecular flexibility index (Phi) is 5.05. The number of hydrogen-bond acceptors (Lipinski definition) is 4. The average molecular weight is 249 g/mol. The van der Waals surface area contributed by atoms with Crippen molar-refractivity contribution in [2.75, 3.05) is 12.4 Å². The van der Waals surface area contributed by atoms with Crippen LogP contribution in [0.5, 0.6) is 0 Å². The van der Waals surface area contributed by atoms with E-state index in [4.69, 9.17) is 0 Å². The molecule has 96 valence electrons. The Morgan fingerprint density at radius 1 is 1.22 bits per heavy atom. The van der Waals surface area contributed by atoms with Crippen LogP contribution in [0, 0.1) is 0 Å². The molecule has 1 aromatic carbocycles. The highest BCUT2D eigenvalue weighted by atomic mass is 16.5. The van der Waals surface area contributed by atoms with Crippen molar-refractivity contribution < 1.29 is 19.1 Å². The lowest BCUT2D eigenvalue weighted by Crippen LogP contribution is -2.13. The minimum atomic E-state index is -0.463. The number of hydrogen-bond donors (Lipinski definition) is 1. The fourth-order valence-corrected chi connectivity index (χ4v) is 1.35. The summed E-state index contributed by atoms with van der Waals surface area (Å²) >= 11 is 0. The van der Waals surface area contributed by atoms with Gasteiger partial charge in [-0.05, 0) is 25.1 Å². The van der Waals surface area contributed by atoms with Gasteiger partial charge in [0.1, 0.15) is 5.78 Å². The first kappa shape index (κ1) is 13.9. The van der Waals surface area contributed by atoms with E-state index in [9.17, 15) is 14.4 Å². The average Bonchev–Trinajstić information content (AvgIpc) is 2.35. The smallest absolute Gasteiger partial charge is 0.337 e. The lowest BCUT2D eigenvalue weighted by molar-refractivity contribution is -0.121. The molecule has 0 saturated heterocycles. The Morgan fingerprint density at radius 3 is 2.56 bits per heavy atom. The van der Waals surface area contributed by atoms with E-state index in [1.807, 2.05) is 0 Å². The van der Waals surface area contributed by atoms with Crippen LogP contribution in [-0.4, -0.2) is 24.8 Å². The third kappa shape index (κ3) is 4.37. The monoisotopic (exact) mass is 249 g/mol. The van der Waals surface area contributed by atoms with Gasteiger partial charge in [-0.1, -0.05) is 6.07 Å². The number of methoxy groups -OCH3 is 1. The molecule has 0 saturated carbocycles. The molecule has 5 heteroatoms. The van der Waals surface area contributed by atoms with E-state index in [-0.39, 0.29) is 24.5 Å². The summed E-state index contributed by atoms with van der Waals surface area (Å²) in [5.74, 6) is -0.754. The van der Waals surface area contributed by atoms with Crippen LogP contribution < -0.4 is 5.32 Å². The highest BCUT2D eigenvalue weighted by molar-refractivity contribution is 5.95. The first-order valence-electron chi connectivity index (χ1n) is 5.50. The van der Waals surface area contributed by atoms with Gasteiger partial charge in [0.15, 0.2) is 0 Å². The summed E-state index contributed by atoms with van der Waals surface area (Å²) in [6.45, 7) is 1.44. The van der Waals surface area contributed by atoms with Crippen molar-refractivity contribution in [3.05, 3.63) is 29.8 Å². The van der Waals surface area contributed by atoms with Crippen molar-refractivity contribution in [1.82, 2.24) is 0 Å². The van der Waals surface area contributed by atoms with Crippen molar-refractivity contribution in [1.29, 1.82) is 0 Å². The van der Waals surface area contributed by atoms with Gasteiger partial charge in [0.2, 0.25) is 5.91 Å². The third-order valence-electron chi connectivity index (χ3n) is 2.27. The Hall–Kier alpha value is -2.17. The molecule has 18 heavy (non-hydrogen) atoms. The van der Waals surface area contributed by atoms with Crippen molar-refractivity contribution in [2.45, 2.75) is 19.8 Å². The molecular weight excluding hydrogens is 234 g/mol. The SMILES string of the molecule is COC(=O)c1cccc(NC(=O)CCC(C)=O)c1. The molecule has 0 aromatic heterocycles. The molecule has 1 rings (SSSR count). The topological polar surface area (TPSA) is 72.5 Å². The van der Waals surface area contributed by atoms with E-state index >= 15 is 0 Å². The normalized spacial score (nSPS) is 9.67. The van der Waals surface area contributed by atoms with Crippen molar-refractivity contribution in [3.63, 3.8) is 0 Å². The predicted molar refractivity (Wildman–Crippen MR) is 66.3 cm³/mol. The number of nitrogens with one attached hydrogen (secondary N) is 1. The quantitative estimate of drug-likeness (QED) is 0.807. The molecule has 0 bridgehead atoms. The molecule has 1 aromatic rings. The Labute approximate surface area is 105 Å². The number of rotatable bonds is 5. The van der Waals surface area contributed by atoms with Crippen LogP contribution in [-0.2, 0) is 14.3 Å². The van der Waals surface area contributed by atoms with Crippen LogP contribution in [0.4, 0.5) is 5.69 Å². The van der Waals surface area contributed by atoms with Gasteiger partial charge in [-0.2, -0.15) is 0 Å². The van der Waals surface area contributed by atoms with Crippen molar-refractivity contribution in [3.8, 4) is 0 Å². The lowest BCUT2D eigenvalue weighted by Gasteiger charge is -2.06. The second-order valence-corrected chi connectivity index (χ2v) is 3.82. The molecule has 0 radical (unpaired) electrons. The summed E-state index contributed by atoms with van der Waals surface area (Å²) in [4.78, 5) is 33.5. The summed E-state index contributed by atoms with van der Waals surface area (Å²) in [6.07, 6.45) is 0.348. The van der Waals surface area contributed by atoms with E-state index in [0.717, 1.165) is 0 Å². The minimum absolute atomic E-state index is 0.0338. The third-order valence-corrected chi connectivity index (χ3v) is 2.27. The lowest BCUT2D eigenvalue weighted by atomic mass is 10.2. The van der Waals surface area contributed by atoms with Crippen LogP contribution >= 0.6 is 0 Å². The van der Waals surface area contributed by atoms with Crippen LogP contribution in [0.25, 0.3) is 0 Å². The number of ether oxygens (including phenoxy) is 1. The van der Waals surface area contributed by atoms with E-state index < -0.39 is 5.97 Å². The standard InChI is InChI=1S/C13H15NO4/c1-9(15)6-7-12(16)14-11-5-3-4-10(8-11)13(17)18-2/h3-5,8H,6-7H2,1-2H3,(H,14,16). The van der Waals surface area contributed by atoms with Crippen molar-refractivity contribution >= 4 is 23.3 Å². The summed E-state index contributed by atoms with van der Waals surface area (Å²) in [5, 5.41) is 2.62. The van der Waals surface area contributed by atoms with Crippen molar-refractivity contribution in [2.24, 2.45) is 0 Å². The minimum Gasteiger partial charge on any atom is -0.465 e. The first-order chi connectivity index (χ1) is 8.52. The Balaban J connectivity index is 2.64. The van der Waals surface area contributed by atoms with Gasteiger partial charge in [0.05, 0.1) is 12.7 Å². The number of Topliss-reactive ketones (excluding diaryl/α,β-unsaturated/α-hetero) is 1. The van der Waals surface area contributed by atoms with E-state index in [1.54, 1.807) is 18.2 Å². The summed E-state index contributed by atoms with van der Waals surface area (Å²) in [5.41, 5.74) is 0.869. The molecule has 0 spiro atoms. The maximum atomic E-state index is 11.5. The molecule has 1 N–H and O–H groups in total. The number of ketones is 1. The number of esters is 1. The van der Waals surface area contributed by atoms with Gasteiger partial charge in [0.25, 0.3) is 0 Å². The zero-order valence-corrected chi connectivity index (χ0v) is 10.4. The summed E-state index contributed by atoms with van der Waals surface area (Å²) < 4.78 is 4.58. The fourth-order valence-electron chi connectivity index (χ4n) is 1.35. The van der Waals surface area contributed by atoms with Crippen LogP contribution in [0.3, 0.4) is 0 Å². The summed E-state index contributed by atoms with van der Waals surface area (Å²) in [7, 11) is 1.29. The molecule has 0 aliphatic heterocycles. The molecular formula is C13H15NO4. The number of amides is 1. The highest BCUT2D eigenvalue weighted by Gasteiger charge is 2.08. The van der Waals surface area contributed by atoms with Crippen LogP contribution in [0.15, 0.2) is 24.3 Å². The maximum absolute atomic E-state index is 11.5. The molecule has 0 aliphatic rings. The van der Waals surface area contributed by atoms with E-state index in [1.165, 1.54) is 20.1 Å². The highest BCUT2D eigenvalue weighted by Crippen LogP contribution is 2.12. The van der Waals surface area contributed by atoms with Gasteiger partial charge >= 0.3 is 5.97 Å². The van der Waals surface area contributed by atoms with Gasteiger partial charge in [-0.3, -0.25) is 4.79 Å². The van der Waals surface area contributed by atoms with Crippen LogP contribution in [0.2, 0.25) is 0 Å².